The van der Waals surface area contributed by atoms with E-state index in [4.69, 9.17) is 0 Å². The van der Waals surface area contributed by atoms with Crippen molar-refractivity contribution in [2.45, 2.75) is 19.9 Å². The molecule has 1 atom stereocenters. The number of quaternary nitrogens is 1. The van der Waals surface area contributed by atoms with Crippen LogP contribution in [0.25, 0.3) is 0 Å². The van der Waals surface area contributed by atoms with Gasteiger partial charge in [-0.2, -0.15) is 0 Å². The van der Waals surface area contributed by atoms with Gasteiger partial charge in [0, 0.05) is 37.0 Å². The number of hydrogen-bond donors (Lipinski definition) is 2. The molecule has 1 heterocycles. The van der Waals surface area contributed by atoms with Gasteiger partial charge in [0.05, 0.1) is 32.7 Å². The molecule has 0 spiro atoms. The number of carbonyl (C=O) groups is 1. The second-order valence-electron chi connectivity index (χ2n) is 8.42. The molecule has 0 bridgehead atoms. The summed E-state index contributed by atoms with van der Waals surface area (Å²) in [6.07, 6.45) is 0. The lowest BCUT2D eigenvalue weighted by Crippen LogP contribution is -3.15. The van der Waals surface area contributed by atoms with Gasteiger partial charge in [0.2, 0.25) is 5.91 Å². The van der Waals surface area contributed by atoms with Crippen LogP contribution in [0.1, 0.15) is 25.5 Å². The maximum atomic E-state index is 12.2. The highest BCUT2D eigenvalue weighted by Crippen LogP contribution is 2.18. The summed E-state index contributed by atoms with van der Waals surface area (Å²) in [5.74, 6) is 0.138. The van der Waals surface area contributed by atoms with Gasteiger partial charge in [0.15, 0.2) is 0 Å². The molecule has 29 heavy (non-hydrogen) atoms. The highest BCUT2D eigenvalue weighted by atomic mass is 16.1. The number of anilines is 2. The predicted molar refractivity (Wildman–Crippen MR) is 121 cm³/mol. The van der Waals surface area contributed by atoms with Gasteiger partial charge in [0.25, 0.3) is 0 Å². The highest BCUT2D eigenvalue weighted by molar-refractivity contribution is 5.77. The first-order valence-corrected chi connectivity index (χ1v) is 10.6. The highest BCUT2D eigenvalue weighted by Gasteiger charge is 2.29. The SMILES string of the molecule is CC(C)C(=O)NC[C@H](c1ccc(N(C)C)cc1)[NH+]1CCN(c2ccccc2)CC1. The zero-order chi connectivity index (χ0) is 20.8. The molecular weight excluding hydrogens is 360 g/mol. The molecule has 0 aliphatic carbocycles. The minimum Gasteiger partial charge on any atom is -0.378 e. The zero-order valence-electron chi connectivity index (χ0n) is 18.2. The Morgan fingerprint density at radius 3 is 2.21 bits per heavy atom. The molecule has 2 N–H and O–H groups in total. The first-order valence-electron chi connectivity index (χ1n) is 10.6. The Morgan fingerprint density at radius 1 is 1.03 bits per heavy atom. The lowest BCUT2D eigenvalue weighted by Gasteiger charge is -2.38. The van der Waals surface area contributed by atoms with E-state index in [1.165, 1.54) is 16.9 Å². The van der Waals surface area contributed by atoms with Crippen molar-refractivity contribution in [1.82, 2.24) is 5.32 Å². The van der Waals surface area contributed by atoms with Crippen molar-refractivity contribution >= 4 is 17.3 Å². The van der Waals surface area contributed by atoms with E-state index in [0.29, 0.717) is 6.54 Å². The van der Waals surface area contributed by atoms with Crippen LogP contribution in [0.15, 0.2) is 54.6 Å². The molecule has 1 amide bonds. The first kappa shape index (κ1) is 21.2. The Labute approximate surface area is 175 Å². The number of carbonyl (C=O) groups excluding carboxylic acids is 1. The normalized spacial score (nSPS) is 16.0. The fourth-order valence-electron chi connectivity index (χ4n) is 3.95. The van der Waals surface area contributed by atoms with Crippen molar-refractivity contribution < 1.29 is 9.69 Å². The summed E-state index contributed by atoms with van der Waals surface area (Å²) < 4.78 is 0. The van der Waals surface area contributed by atoms with Crippen molar-refractivity contribution in [2.24, 2.45) is 5.92 Å². The largest absolute Gasteiger partial charge is 0.378 e. The standard InChI is InChI=1S/C24H34N4O/c1-19(2)24(29)25-18-23(20-10-12-21(13-11-20)26(3)4)28-16-14-27(15-17-28)22-8-6-5-7-9-22/h5-13,19,23H,14-18H2,1-4H3,(H,25,29)/p+1/t23-/m1/s1. The molecule has 2 aromatic carbocycles. The predicted octanol–water partition coefficient (Wildman–Crippen LogP) is 1.97. The van der Waals surface area contributed by atoms with Crippen LogP contribution < -0.4 is 20.0 Å². The summed E-state index contributed by atoms with van der Waals surface area (Å²) in [5, 5.41) is 3.17. The van der Waals surface area contributed by atoms with Gasteiger partial charge < -0.3 is 20.0 Å². The first-order chi connectivity index (χ1) is 14.0. The molecule has 5 nitrogen and oxygen atoms in total. The molecule has 1 aliphatic heterocycles. The number of nitrogens with zero attached hydrogens (tertiary/aromatic N) is 2. The van der Waals surface area contributed by atoms with E-state index in [-0.39, 0.29) is 17.9 Å². The van der Waals surface area contributed by atoms with Gasteiger partial charge in [-0.15, -0.1) is 0 Å². The van der Waals surface area contributed by atoms with Crippen LogP contribution in [0.5, 0.6) is 0 Å². The summed E-state index contributed by atoms with van der Waals surface area (Å²) in [4.78, 5) is 18.3. The van der Waals surface area contributed by atoms with Gasteiger partial charge >= 0.3 is 0 Å². The van der Waals surface area contributed by atoms with Crippen LogP contribution in [0.2, 0.25) is 0 Å². The third-order valence-electron chi connectivity index (χ3n) is 5.84. The molecular formula is C24H35N4O+. The zero-order valence-corrected chi connectivity index (χ0v) is 18.2. The van der Waals surface area contributed by atoms with E-state index in [1.807, 2.05) is 13.8 Å². The van der Waals surface area contributed by atoms with Crippen molar-refractivity contribution in [3.05, 3.63) is 60.2 Å². The van der Waals surface area contributed by atoms with Crippen molar-refractivity contribution in [3.63, 3.8) is 0 Å². The average molecular weight is 396 g/mol. The van der Waals surface area contributed by atoms with Crippen LogP contribution in [0.4, 0.5) is 11.4 Å². The number of nitrogens with one attached hydrogen (secondary N) is 2. The van der Waals surface area contributed by atoms with Crippen LogP contribution in [-0.2, 0) is 4.79 Å². The minimum atomic E-state index is 0.0108. The molecule has 0 radical (unpaired) electrons. The molecule has 156 valence electrons. The summed E-state index contributed by atoms with van der Waals surface area (Å²) in [6, 6.07) is 19.7. The van der Waals surface area contributed by atoms with Crippen LogP contribution in [0.3, 0.4) is 0 Å². The van der Waals surface area contributed by atoms with E-state index < -0.39 is 0 Å². The molecule has 0 saturated carbocycles. The van der Waals surface area contributed by atoms with Gasteiger partial charge in [-0.1, -0.05) is 44.2 Å². The number of hydrogen-bond acceptors (Lipinski definition) is 3. The number of para-hydroxylation sites is 1. The maximum absolute atomic E-state index is 12.2. The third kappa shape index (κ3) is 5.51. The molecule has 1 aliphatic rings. The average Bonchev–Trinajstić information content (AvgIpc) is 2.75. The Bertz CT molecular complexity index is 765. The summed E-state index contributed by atoms with van der Waals surface area (Å²) in [6.45, 7) is 8.76. The second-order valence-corrected chi connectivity index (χ2v) is 8.42. The topological polar surface area (TPSA) is 40.0 Å². The number of benzene rings is 2. The lowest BCUT2D eigenvalue weighted by atomic mass is 10.0. The third-order valence-corrected chi connectivity index (χ3v) is 5.84. The molecule has 2 aromatic rings. The van der Waals surface area contributed by atoms with Gasteiger partial charge in [-0.3, -0.25) is 4.79 Å². The van der Waals surface area contributed by atoms with Crippen LogP contribution in [-0.4, -0.2) is 52.7 Å². The van der Waals surface area contributed by atoms with Crippen LogP contribution >= 0.6 is 0 Å². The Kier molecular flexibility index (Phi) is 7.15. The number of rotatable bonds is 7. The summed E-state index contributed by atoms with van der Waals surface area (Å²) in [7, 11) is 4.12. The quantitative estimate of drug-likeness (QED) is 0.753. The Hall–Kier alpha value is -2.53. The summed E-state index contributed by atoms with van der Waals surface area (Å²) >= 11 is 0. The number of amides is 1. The number of piperazine rings is 1. The van der Waals surface area contributed by atoms with Crippen molar-refractivity contribution in [1.29, 1.82) is 0 Å². The molecule has 1 fully saturated rings. The monoisotopic (exact) mass is 395 g/mol. The van der Waals surface area contributed by atoms with Crippen LogP contribution in [0, 0.1) is 5.92 Å². The van der Waals surface area contributed by atoms with Gasteiger partial charge in [0.1, 0.15) is 6.04 Å². The maximum Gasteiger partial charge on any atom is 0.222 e. The van der Waals surface area contributed by atoms with Crippen molar-refractivity contribution in [2.75, 3.05) is 56.6 Å². The molecule has 0 unspecified atom stereocenters. The molecule has 3 rings (SSSR count). The van der Waals surface area contributed by atoms with Gasteiger partial charge in [-0.25, -0.2) is 0 Å². The van der Waals surface area contributed by atoms with E-state index >= 15 is 0 Å². The van der Waals surface area contributed by atoms with Crippen molar-refractivity contribution in [3.8, 4) is 0 Å². The lowest BCUT2D eigenvalue weighted by molar-refractivity contribution is -0.931. The minimum absolute atomic E-state index is 0.0108. The second kappa shape index (κ2) is 9.79. The Morgan fingerprint density at radius 2 is 1.66 bits per heavy atom. The van der Waals surface area contributed by atoms with E-state index in [9.17, 15) is 4.79 Å². The fraction of sp³-hybridized carbons (Fsp3) is 0.458. The molecule has 5 heteroatoms. The van der Waals surface area contributed by atoms with E-state index in [2.05, 4.69) is 83.8 Å². The molecule has 0 aromatic heterocycles. The van der Waals surface area contributed by atoms with E-state index in [0.717, 1.165) is 26.2 Å². The smallest absolute Gasteiger partial charge is 0.222 e. The molecule has 1 saturated heterocycles. The fourth-order valence-corrected chi connectivity index (χ4v) is 3.95. The summed E-state index contributed by atoms with van der Waals surface area (Å²) in [5.41, 5.74) is 3.79. The van der Waals surface area contributed by atoms with Gasteiger partial charge in [-0.05, 0) is 24.3 Å². The van der Waals surface area contributed by atoms with E-state index in [1.54, 1.807) is 4.90 Å². The Balaban J connectivity index is 1.71.